The Morgan fingerprint density at radius 3 is 1.19 bits per heavy atom. The molecule has 4 nitrogen and oxygen atoms in total. The fourth-order valence-electron chi connectivity index (χ4n) is 3.89. The molecule has 5 aromatic carbocycles. The Morgan fingerprint density at radius 1 is 0.417 bits per heavy atom. The molecule has 0 aromatic heterocycles. The van der Waals surface area contributed by atoms with Crippen LogP contribution in [0.2, 0.25) is 0 Å². The third kappa shape index (κ3) is 5.24. The highest BCUT2D eigenvalue weighted by Crippen LogP contribution is 2.30. The van der Waals surface area contributed by atoms with Crippen molar-refractivity contribution in [3.8, 4) is 33.8 Å². The van der Waals surface area contributed by atoms with E-state index in [9.17, 15) is 10.2 Å². The number of hydrogen-bond donors (Lipinski definition) is 2. The van der Waals surface area contributed by atoms with Crippen LogP contribution in [0.4, 0.5) is 11.4 Å². The summed E-state index contributed by atoms with van der Waals surface area (Å²) in [6.45, 7) is 0. The van der Waals surface area contributed by atoms with Crippen molar-refractivity contribution in [2.45, 2.75) is 0 Å². The van der Waals surface area contributed by atoms with Gasteiger partial charge in [0.1, 0.15) is 11.5 Å². The Labute approximate surface area is 210 Å². The smallest absolute Gasteiger partial charge is 0.124 e. The van der Waals surface area contributed by atoms with Crippen LogP contribution in [-0.2, 0) is 0 Å². The highest BCUT2D eigenvalue weighted by atomic mass is 16.3. The fraction of sp³-hybridized carbons (Fsp3) is 0. The molecule has 0 saturated carbocycles. The van der Waals surface area contributed by atoms with Crippen molar-refractivity contribution < 1.29 is 10.2 Å². The molecule has 2 N–H and O–H groups in total. The van der Waals surface area contributed by atoms with Crippen LogP contribution >= 0.6 is 0 Å². The van der Waals surface area contributed by atoms with Crippen molar-refractivity contribution in [1.29, 1.82) is 0 Å². The predicted octanol–water partition coefficient (Wildman–Crippen LogP) is 7.93. The monoisotopic (exact) mass is 468 g/mol. The van der Waals surface area contributed by atoms with E-state index in [1.54, 1.807) is 24.6 Å². The fourth-order valence-corrected chi connectivity index (χ4v) is 3.89. The standard InChI is InChI=1S/C32H24N2O2/c35-31-19-25(23-9-3-1-4-10-23)15-17-27(31)21-33-29-13-7-8-14-30(29)34-22-28-18-16-26(20-32(28)36)24-11-5-2-6-12-24/h1-22,35-36H. The van der Waals surface area contributed by atoms with Crippen LogP contribution in [-0.4, -0.2) is 22.6 Å². The first-order valence-corrected chi connectivity index (χ1v) is 11.6. The minimum absolute atomic E-state index is 0.157. The Hall–Kier alpha value is -4.96. The zero-order chi connectivity index (χ0) is 24.7. The third-order valence-corrected chi connectivity index (χ3v) is 5.84. The quantitative estimate of drug-likeness (QED) is 0.249. The number of aliphatic imine (C=N–C) groups is 2. The molecule has 0 unspecified atom stereocenters. The number of nitrogens with zero attached hydrogens (tertiary/aromatic N) is 2. The van der Waals surface area contributed by atoms with Gasteiger partial charge in [0.15, 0.2) is 0 Å². The summed E-state index contributed by atoms with van der Waals surface area (Å²) in [4.78, 5) is 9.13. The number of phenols is 2. The molecule has 5 aromatic rings. The van der Waals surface area contributed by atoms with Crippen molar-refractivity contribution in [3.05, 3.63) is 132 Å². The second-order valence-electron chi connectivity index (χ2n) is 8.28. The highest BCUT2D eigenvalue weighted by Gasteiger charge is 2.05. The summed E-state index contributed by atoms with van der Waals surface area (Å²) < 4.78 is 0. The number of para-hydroxylation sites is 2. The summed E-state index contributed by atoms with van der Waals surface area (Å²) in [6.07, 6.45) is 3.26. The lowest BCUT2D eigenvalue weighted by Gasteiger charge is -2.06. The Morgan fingerprint density at radius 2 is 0.806 bits per heavy atom. The largest absolute Gasteiger partial charge is 0.507 e. The van der Waals surface area contributed by atoms with E-state index >= 15 is 0 Å². The highest BCUT2D eigenvalue weighted by molar-refractivity contribution is 5.90. The van der Waals surface area contributed by atoms with E-state index in [4.69, 9.17) is 0 Å². The van der Waals surface area contributed by atoms with E-state index in [0.717, 1.165) is 22.3 Å². The number of phenolic OH excluding ortho intramolecular Hbond substituents is 2. The molecule has 0 amide bonds. The Balaban J connectivity index is 1.36. The van der Waals surface area contributed by atoms with Crippen LogP contribution < -0.4 is 0 Å². The molecule has 0 atom stereocenters. The predicted molar refractivity (Wildman–Crippen MR) is 148 cm³/mol. The van der Waals surface area contributed by atoms with Gasteiger partial charge in [-0.05, 0) is 58.7 Å². The molecule has 0 bridgehead atoms. The summed E-state index contributed by atoms with van der Waals surface area (Å²) in [5.74, 6) is 0.314. The molecule has 0 aliphatic carbocycles. The maximum Gasteiger partial charge on any atom is 0.124 e. The number of benzene rings is 5. The molecule has 0 spiro atoms. The maximum absolute atomic E-state index is 10.5. The van der Waals surface area contributed by atoms with E-state index in [1.165, 1.54) is 0 Å². The topological polar surface area (TPSA) is 65.2 Å². The SMILES string of the molecule is Oc1cc(-c2ccccc2)ccc1C=Nc1ccccc1N=Cc1ccc(-c2ccccc2)cc1O. The lowest BCUT2D eigenvalue weighted by Crippen LogP contribution is -1.85. The molecular weight excluding hydrogens is 444 g/mol. The zero-order valence-electron chi connectivity index (χ0n) is 19.5. The van der Waals surface area contributed by atoms with Crippen LogP contribution in [0, 0.1) is 0 Å². The second-order valence-corrected chi connectivity index (χ2v) is 8.28. The van der Waals surface area contributed by atoms with Gasteiger partial charge >= 0.3 is 0 Å². The van der Waals surface area contributed by atoms with Gasteiger partial charge in [0.25, 0.3) is 0 Å². The van der Waals surface area contributed by atoms with Gasteiger partial charge < -0.3 is 10.2 Å². The van der Waals surface area contributed by atoms with Gasteiger partial charge in [-0.2, -0.15) is 0 Å². The van der Waals surface area contributed by atoms with Gasteiger partial charge in [-0.3, -0.25) is 9.98 Å². The van der Waals surface area contributed by atoms with Crippen LogP contribution in [0.3, 0.4) is 0 Å². The molecular formula is C32H24N2O2. The summed E-state index contributed by atoms with van der Waals surface area (Å²) in [5.41, 5.74) is 6.49. The lowest BCUT2D eigenvalue weighted by molar-refractivity contribution is 0.474. The summed E-state index contributed by atoms with van der Waals surface area (Å²) >= 11 is 0. The molecule has 0 fully saturated rings. The summed E-state index contributed by atoms with van der Waals surface area (Å²) in [5, 5.41) is 21.1. The number of rotatable bonds is 6. The molecule has 174 valence electrons. The molecule has 0 aliphatic rings. The Kier molecular flexibility index (Phi) is 6.68. The van der Waals surface area contributed by atoms with E-state index in [1.807, 2.05) is 109 Å². The average Bonchev–Trinajstić information content (AvgIpc) is 2.93. The molecule has 0 heterocycles. The maximum atomic E-state index is 10.5. The van der Waals surface area contributed by atoms with Crippen LogP contribution in [0.1, 0.15) is 11.1 Å². The third-order valence-electron chi connectivity index (χ3n) is 5.84. The van der Waals surface area contributed by atoms with Crippen LogP contribution in [0.25, 0.3) is 22.3 Å². The van der Waals surface area contributed by atoms with Crippen molar-refractivity contribution in [3.63, 3.8) is 0 Å². The normalized spacial score (nSPS) is 11.3. The minimum Gasteiger partial charge on any atom is -0.507 e. The van der Waals surface area contributed by atoms with Crippen LogP contribution in [0.5, 0.6) is 11.5 Å². The van der Waals surface area contributed by atoms with Crippen molar-refractivity contribution in [2.24, 2.45) is 9.98 Å². The molecule has 0 radical (unpaired) electrons. The van der Waals surface area contributed by atoms with Gasteiger partial charge in [0.2, 0.25) is 0 Å². The van der Waals surface area contributed by atoms with E-state index in [2.05, 4.69) is 9.98 Å². The lowest BCUT2D eigenvalue weighted by atomic mass is 10.0. The molecule has 0 aliphatic heterocycles. The molecule has 0 saturated heterocycles. The van der Waals surface area contributed by atoms with E-state index in [-0.39, 0.29) is 11.5 Å². The minimum atomic E-state index is 0.157. The second kappa shape index (κ2) is 10.5. The van der Waals surface area contributed by atoms with Gasteiger partial charge in [-0.25, -0.2) is 0 Å². The number of hydrogen-bond acceptors (Lipinski definition) is 4. The average molecular weight is 469 g/mol. The molecule has 5 rings (SSSR count). The first-order chi connectivity index (χ1) is 17.7. The van der Waals surface area contributed by atoms with E-state index in [0.29, 0.717) is 22.5 Å². The Bertz CT molecular complexity index is 1420. The van der Waals surface area contributed by atoms with Gasteiger partial charge in [0.05, 0.1) is 11.4 Å². The molecule has 36 heavy (non-hydrogen) atoms. The van der Waals surface area contributed by atoms with Gasteiger partial charge in [-0.15, -0.1) is 0 Å². The summed E-state index contributed by atoms with van der Waals surface area (Å²) in [7, 11) is 0. The number of aromatic hydroxyl groups is 2. The van der Waals surface area contributed by atoms with Crippen LogP contribution in [0.15, 0.2) is 131 Å². The zero-order valence-corrected chi connectivity index (χ0v) is 19.5. The van der Waals surface area contributed by atoms with Gasteiger partial charge in [-0.1, -0.05) is 84.9 Å². The summed E-state index contributed by atoms with van der Waals surface area (Å²) in [6, 6.07) is 38.4. The van der Waals surface area contributed by atoms with Gasteiger partial charge in [0, 0.05) is 23.6 Å². The van der Waals surface area contributed by atoms with E-state index < -0.39 is 0 Å². The first kappa shape index (κ1) is 22.8. The van der Waals surface area contributed by atoms with Crippen molar-refractivity contribution >= 4 is 23.8 Å². The van der Waals surface area contributed by atoms with Crippen molar-refractivity contribution in [2.75, 3.05) is 0 Å². The first-order valence-electron chi connectivity index (χ1n) is 11.6. The van der Waals surface area contributed by atoms with Crippen molar-refractivity contribution in [1.82, 2.24) is 0 Å². The molecule has 4 heteroatoms.